The van der Waals surface area contributed by atoms with Crippen molar-refractivity contribution in [3.63, 3.8) is 0 Å². The summed E-state index contributed by atoms with van der Waals surface area (Å²) in [6, 6.07) is 6.79. The fourth-order valence-electron chi connectivity index (χ4n) is 2.81. The summed E-state index contributed by atoms with van der Waals surface area (Å²) >= 11 is 0. The van der Waals surface area contributed by atoms with Crippen LogP contribution in [0.1, 0.15) is 55.7 Å². The Kier molecular flexibility index (Phi) is 3.34. The third kappa shape index (κ3) is 2.09. The van der Waals surface area contributed by atoms with Crippen molar-refractivity contribution in [3.8, 4) is 12.1 Å². The average molecular weight is 242 g/mol. The minimum atomic E-state index is -0.444. The Labute approximate surface area is 107 Å². The predicted molar refractivity (Wildman–Crippen MR) is 66.3 cm³/mol. The highest BCUT2D eigenvalue weighted by Gasteiger charge is 2.32. The maximum absolute atomic E-state index is 14.3. The molecular weight excluding hydrogens is 227 g/mol. The molecule has 3 heteroatoms. The fourth-order valence-corrected chi connectivity index (χ4v) is 2.81. The van der Waals surface area contributed by atoms with E-state index in [-0.39, 0.29) is 11.0 Å². The summed E-state index contributed by atoms with van der Waals surface area (Å²) in [5, 5.41) is 17.9. The average Bonchev–Trinajstić information content (AvgIpc) is 2.39. The first-order valence-electron chi connectivity index (χ1n) is 6.25. The van der Waals surface area contributed by atoms with Crippen molar-refractivity contribution in [2.24, 2.45) is 0 Å². The van der Waals surface area contributed by atoms with Gasteiger partial charge in [0, 0.05) is 0 Å². The van der Waals surface area contributed by atoms with Crippen LogP contribution in [0.25, 0.3) is 0 Å². The Balaban J connectivity index is 2.56. The summed E-state index contributed by atoms with van der Waals surface area (Å²) in [4.78, 5) is 0. The zero-order valence-electron chi connectivity index (χ0n) is 10.5. The van der Waals surface area contributed by atoms with E-state index in [9.17, 15) is 4.39 Å². The fraction of sp³-hybridized carbons (Fsp3) is 0.467. The lowest BCUT2D eigenvalue weighted by Gasteiger charge is -2.34. The second-order valence-electron chi connectivity index (χ2n) is 5.23. The first-order chi connectivity index (χ1) is 8.60. The zero-order valence-corrected chi connectivity index (χ0v) is 10.5. The zero-order chi connectivity index (χ0) is 13.2. The molecule has 1 fully saturated rings. The Hall–Kier alpha value is -1.87. The molecular formula is C15H15FN2. The summed E-state index contributed by atoms with van der Waals surface area (Å²) in [5.41, 5.74) is 0.657. The molecule has 1 aromatic carbocycles. The van der Waals surface area contributed by atoms with Crippen molar-refractivity contribution in [3.05, 3.63) is 34.6 Å². The van der Waals surface area contributed by atoms with E-state index in [2.05, 4.69) is 0 Å². The van der Waals surface area contributed by atoms with Crippen LogP contribution < -0.4 is 0 Å². The minimum Gasteiger partial charge on any atom is -0.205 e. The van der Waals surface area contributed by atoms with Crippen molar-refractivity contribution in [2.75, 3.05) is 0 Å². The van der Waals surface area contributed by atoms with Crippen LogP contribution in [0.5, 0.6) is 0 Å². The quantitative estimate of drug-likeness (QED) is 0.752. The molecule has 0 aliphatic heterocycles. The van der Waals surface area contributed by atoms with Crippen LogP contribution >= 0.6 is 0 Å². The van der Waals surface area contributed by atoms with E-state index in [0.717, 1.165) is 25.7 Å². The first-order valence-corrected chi connectivity index (χ1v) is 6.25. The maximum atomic E-state index is 14.3. The molecule has 18 heavy (non-hydrogen) atoms. The topological polar surface area (TPSA) is 47.6 Å². The summed E-state index contributed by atoms with van der Waals surface area (Å²) in [6.07, 6.45) is 5.18. The second kappa shape index (κ2) is 4.78. The van der Waals surface area contributed by atoms with Crippen LogP contribution in [0.2, 0.25) is 0 Å². The van der Waals surface area contributed by atoms with E-state index in [1.165, 1.54) is 12.5 Å². The SMILES string of the molecule is CC1(c2cc(C#N)cc(C#N)c2F)CCCCC1. The van der Waals surface area contributed by atoms with E-state index in [4.69, 9.17) is 10.5 Å². The van der Waals surface area contributed by atoms with Crippen LogP contribution in [-0.2, 0) is 5.41 Å². The number of nitriles is 2. The van der Waals surface area contributed by atoms with Gasteiger partial charge in [-0.15, -0.1) is 0 Å². The third-order valence-corrected chi connectivity index (χ3v) is 3.93. The summed E-state index contributed by atoms with van der Waals surface area (Å²) < 4.78 is 14.3. The lowest BCUT2D eigenvalue weighted by Crippen LogP contribution is -2.26. The summed E-state index contributed by atoms with van der Waals surface area (Å²) in [5.74, 6) is -0.444. The molecule has 0 bridgehead atoms. The van der Waals surface area contributed by atoms with Crippen molar-refractivity contribution in [1.82, 2.24) is 0 Å². The van der Waals surface area contributed by atoms with Gasteiger partial charge >= 0.3 is 0 Å². The monoisotopic (exact) mass is 242 g/mol. The number of benzene rings is 1. The van der Waals surface area contributed by atoms with Crippen LogP contribution in [-0.4, -0.2) is 0 Å². The molecule has 0 aromatic heterocycles. The van der Waals surface area contributed by atoms with E-state index in [1.807, 2.05) is 19.1 Å². The van der Waals surface area contributed by atoms with Crippen LogP contribution in [0.15, 0.2) is 12.1 Å². The highest BCUT2D eigenvalue weighted by atomic mass is 19.1. The van der Waals surface area contributed by atoms with Gasteiger partial charge in [-0.25, -0.2) is 4.39 Å². The van der Waals surface area contributed by atoms with Crippen LogP contribution in [0.3, 0.4) is 0 Å². The van der Waals surface area contributed by atoms with Gasteiger partial charge in [0.2, 0.25) is 0 Å². The molecule has 0 unspecified atom stereocenters. The van der Waals surface area contributed by atoms with E-state index >= 15 is 0 Å². The van der Waals surface area contributed by atoms with Gasteiger partial charge < -0.3 is 0 Å². The summed E-state index contributed by atoms with van der Waals surface area (Å²) in [6.45, 7) is 2.03. The van der Waals surface area contributed by atoms with Gasteiger partial charge in [-0.3, -0.25) is 0 Å². The van der Waals surface area contributed by atoms with E-state index < -0.39 is 5.82 Å². The van der Waals surface area contributed by atoms with Crippen LogP contribution in [0.4, 0.5) is 4.39 Å². The predicted octanol–water partition coefficient (Wildman–Crippen LogP) is 3.79. The Morgan fingerprint density at radius 2 is 1.78 bits per heavy atom. The van der Waals surface area contributed by atoms with Gasteiger partial charge in [0.1, 0.15) is 11.9 Å². The molecule has 0 spiro atoms. The third-order valence-electron chi connectivity index (χ3n) is 3.93. The molecule has 0 heterocycles. The molecule has 1 aliphatic carbocycles. The van der Waals surface area contributed by atoms with Gasteiger partial charge in [-0.05, 0) is 36.0 Å². The molecule has 0 atom stereocenters. The lowest BCUT2D eigenvalue weighted by molar-refractivity contribution is 0.309. The Morgan fingerprint density at radius 1 is 1.11 bits per heavy atom. The first kappa shape index (κ1) is 12.6. The van der Waals surface area contributed by atoms with Crippen molar-refractivity contribution in [2.45, 2.75) is 44.4 Å². The Bertz CT molecular complexity index is 543. The molecule has 0 saturated heterocycles. The number of hydrogen-bond acceptors (Lipinski definition) is 2. The molecule has 92 valence electrons. The van der Waals surface area contributed by atoms with Gasteiger partial charge in [-0.1, -0.05) is 26.2 Å². The largest absolute Gasteiger partial charge is 0.205 e. The smallest absolute Gasteiger partial charge is 0.144 e. The maximum Gasteiger partial charge on any atom is 0.144 e. The molecule has 1 aromatic rings. The van der Waals surface area contributed by atoms with Gasteiger partial charge in [0.25, 0.3) is 0 Å². The highest BCUT2D eigenvalue weighted by molar-refractivity contribution is 5.46. The molecule has 0 amide bonds. The molecule has 1 aliphatic rings. The second-order valence-corrected chi connectivity index (χ2v) is 5.23. The van der Waals surface area contributed by atoms with Gasteiger partial charge in [0.15, 0.2) is 0 Å². The van der Waals surface area contributed by atoms with Crippen molar-refractivity contribution < 1.29 is 4.39 Å². The number of hydrogen-bond donors (Lipinski definition) is 0. The van der Waals surface area contributed by atoms with Gasteiger partial charge in [0.05, 0.1) is 17.2 Å². The highest BCUT2D eigenvalue weighted by Crippen LogP contribution is 2.40. The van der Waals surface area contributed by atoms with Crippen molar-refractivity contribution in [1.29, 1.82) is 10.5 Å². The number of rotatable bonds is 1. The molecule has 2 nitrogen and oxygen atoms in total. The normalized spacial score (nSPS) is 17.8. The molecule has 2 rings (SSSR count). The lowest BCUT2D eigenvalue weighted by atomic mass is 9.70. The Morgan fingerprint density at radius 3 is 2.33 bits per heavy atom. The van der Waals surface area contributed by atoms with E-state index in [0.29, 0.717) is 11.1 Å². The van der Waals surface area contributed by atoms with Crippen LogP contribution in [0, 0.1) is 28.5 Å². The van der Waals surface area contributed by atoms with Gasteiger partial charge in [-0.2, -0.15) is 10.5 Å². The standard InChI is InChI=1S/C15H15FN2/c1-15(5-3-2-4-6-15)13-8-11(9-17)7-12(10-18)14(13)16/h7-8H,2-6H2,1H3. The van der Waals surface area contributed by atoms with E-state index in [1.54, 1.807) is 6.07 Å². The van der Waals surface area contributed by atoms with Crippen molar-refractivity contribution >= 4 is 0 Å². The minimum absolute atomic E-state index is 0.0177. The number of halogens is 1. The molecule has 1 saturated carbocycles. The molecule has 0 N–H and O–H groups in total. The summed E-state index contributed by atoms with van der Waals surface area (Å²) in [7, 11) is 0. The molecule has 0 radical (unpaired) electrons. The number of nitrogens with zero attached hydrogens (tertiary/aromatic N) is 2.